The molecule has 3 N–H and O–H groups in total. The van der Waals surface area contributed by atoms with E-state index in [0.29, 0.717) is 10.6 Å². The summed E-state index contributed by atoms with van der Waals surface area (Å²) in [6.45, 7) is 0. The average molecular weight is 506 g/mol. The number of carbonyl (C=O) groups excluding carboxylic acids is 2. The number of benzene rings is 2. The minimum atomic E-state index is -4.97. The molecule has 8 nitrogen and oxygen atoms in total. The zero-order valence-electron chi connectivity index (χ0n) is 18.4. The first kappa shape index (κ1) is 25.5. The van der Waals surface area contributed by atoms with E-state index in [9.17, 15) is 22.8 Å². The van der Waals surface area contributed by atoms with Crippen LogP contribution < -0.4 is 15.4 Å². The molecule has 2 aromatic carbocycles. The molecule has 3 aromatic rings. The number of anilines is 2. The summed E-state index contributed by atoms with van der Waals surface area (Å²) in [4.78, 5) is 31.1. The number of nitrogens with one attached hydrogen (secondary N) is 3. The summed E-state index contributed by atoms with van der Waals surface area (Å²) in [6, 6.07) is 12.0. The lowest BCUT2D eigenvalue weighted by Crippen LogP contribution is -2.22. The summed E-state index contributed by atoms with van der Waals surface area (Å²) in [5.74, 6) is -1.75. The number of hydrogen-bond acceptors (Lipinski definition) is 5. The van der Waals surface area contributed by atoms with Gasteiger partial charge in [0.2, 0.25) is 0 Å². The predicted molar refractivity (Wildman–Crippen MR) is 125 cm³/mol. The third-order valence-electron chi connectivity index (χ3n) is 4.55. The smallest absolute Gasteiger partial charge is 0.406 e. The molecule has 1 aromatic heterocycles. The molecule has 35 heavy (non-hydrogen) atoms. The van der Waals surface area contributed by atoms with E-state index < -0.39 is 23.9 Å². The van der Waals surface area contributed by atoms with E-state index in [4.69, 9.17) is 17.0 Å². The summed E-state index contributed by atoms with van der Waals surface area (Å²) in [7, 11) is 3.42. The fourth-order valence-electron chi connectivity index (χ4n) is 2.88. The van der Waals surface area contributed by atoms with Crippen molar-refractivity contribution in [3.63, 3.8) is 0 Å². The molecule has 0 saturated carbocycles. The number of aromatic nitrogens is 1. The molecule has 0 fully saturated rings. The van der Waals surface area contributed by atoms with Gasteiger partial charge in [0.1, 0.15) is 17.4 Å². The van der Waals surface area contributed by atoms with Gasteiger partial charge in [-0.25, -0.2) is 4.98 Å². The van der Waals surface area contributed by atoms with Gasteiger partial charge in [-0.05, 0) is 42.5 Å². The number of ether oxygens (including phenoxy) is 1. The van der Waals surface area contributed by atoms with Gasteiger partial charge in [0, 0.05) is 31.4 Å². The number of amidine groups is 1. The minimum Gasteiger partial charge on any atom is -0.406 e. The number of amides is 2. The van der Waals surface area contributed by atoms with Crippen molar-refractivity contribution < 1.29 is 27.5 Å². The molecule has 0 aliphatic rings. The molecule has 0 saturated heterocycles. The molecule has 0 radical (unpaired) electrons. The van der Waals surface area contributed by atoms with Gasteiger partial charge < -0.3 is 20.3 Å². The van der Waals surface area contributed by atoms with Crippen LogP contribution in [0.5, 0.6) is 5.75 Å². The van der Waals surface area contributed by atoms with Crippen molar-refractivity contribution in [2.24, 2.45) is 0 Å². The van der Waals surface area contributed by atoms with Gasteiger partial charge in [0.15, 0.2) is 0 Å². The number of carbonyl (C=O) groups is 2. The Labute approximate surface area is 203 Å². The van der Waals surface area contributed by atoms with Crippen LogP contribution in [0, 0.1) is 5.41 Å². The number of alkyl halides is 3. The van der Waals surface area contributed by atoms with Crippen LogP contribution in [-0.2, 0) is 0 Å². The number of rotatable bonds is 6. The van der Waals surface area contributed by atoms with Crippen LogP contribution in [-0.4, -0.2) is 48.0 Å². The van der Waals surface area contributed by atoms with Gasteiger partial charge in [-0.1, -0.05) is 23.7 Å². The fraction of sp³-hybridized carbons (Fsp3) is 0.130. The molecule has 0 spiro atoms. The first-order valence-corrected chi connectivity index (χ1v) is 10.3. The summed E-state index contributed by atoms with van der Waals surface area (Å²) in [6.07, 6.45) is -3.69. The van der Waals surface area contributed by atoms with Crippen LogP contribution in [0.25, 0.3) is 0 Å². The van der Waals surface area contributed by atoms with Gasteiger partial charge in [-0.15, -0.1) is 13.2 Å². The summed E-state index contributed by atoms with van der Waals surface area (Å²) in [5, 5.41) is 13.3. The standard InChI is InChI=1S/C23H19ClF3N5O3/c1-32(2)20(28)13-3-5-14(6-4-13)21(33)30-18-9-8-16(35-23(25,26)27)11-17(18)22(34)31-19-10-7-15(24)12-29-19/h3-12,28H,1-2H3,(H,30,33)(H,29,31,34). The first-order valence-electron chi connectivity index (χ1n) is 9.93. The van der Waals surface area contributed by atoms with Gasteiger partial charge in [-0.3, -0.25) is 15.0 Å². The van der Waals surface area contributed by atoms with E-state index in [1.54, 1.807) is 31.1 Å². The highest BCUT2D eigenvalue weighted by Crippen LogP contribution is 2.28. The molecule has 0 unspecified atom stereocenters. The molecule has 0 bridgehead atoms. The minimum absolute atomic E-state index is 0.0545. The second-order valence-corrected chi connectivity index (χ2v) is 7.78. The van der Waals surface area contributed by atoms with E-state index in [0.717, 1.165) is 18.2 Å². The van der Waals surface area contributed by atoms with E-state index in [1.807, 2.05) is 0 Å². The highest BCUT2D eigenvalue weighted by molar-refractivity contribution is 6.30. The van der Waals surface area contributed by atoms with Crippen molar-refractivity contribution in [2.45, 2.75) is 6.36 Å². The molecule has 0 atom stereocenters. The fourth-order valence-corrected chi connectivity index (χ4v) is 2.99. The van der Waals surface area contributed by atoms with Gasteiger partial charge in [0.05, 0.1) is 16.3 Å². The molecule has 3 rings (SSSR count). The van der Waals surface area contributed by atoms with E-state index in [1.165, 1.54) is 30.5 Å². The van der Waals surface area contributed by atoms with Gasteiger partial charge in [0.25, 0.3) is 11.8 Å². The molecule has 1 heterocycles. The number of halogens is 4. The van der Waals surface area contributed by atoms with Crippen molar-refractivity contribution in [1.29, 1.82) is 5.41 Å². The van der Waals surface area contributed by atoms with Crippen LogP contribution >= 0.6 is 11.6 Å². The lowest BCUT2D eigenvalue weighted by molar-refractivity contribution is -0.274. The molecule has 0 aliphatic carbocycles. The summed E-state index contributed by atoms with van der Waals surface area (Å²) >= 11 is 5.77. The topological polar surface area (TPSA) is 107 Å². The highest BCUT2D eigenvalue weighted by Gasteiger charge is 2.31. The number of hydrogen-bond donors (Lipinski definition) is 3. The summed E-state index contributed by atoms with van der Waals surface area (Å²) < 4.78 is 42.0. The van der Waals surface area contributed by atoms with Gasteiger partial charge in [-0.2, -0.15) is 0 Å². The Kier molecular flexibility index (Phi) is 7.60. The number of nitrogens with zero attached hydrogens (tertiary/aromatic N) is 2. The summed E-state index contributed by atoms with van der Waals surface area (Å²) in [5.41, 5.74) is 0.446. The average Bonchev–Trinajstić information content (AvgIpc) is 2.80. The van der Waals surface area contributed by atoms with Crippen LogP contribution in [0.4, 0.5) is 24.7 Å². The van der Waals surface area contributed by atoms with E-state index in [2.05, 4.69) is 20.4 Å². The highest BCUT2D eigenvalue weighted by atomic mass is 35.5. The SMILES string of the molecule is CN(C)C(=N)c1ccc(C(=O)Nc2ccc(OC(F)(F)F)cc2C(=O)Nc2ccc(Cl)cn2)cc1. The van der Waals surface area contributed by atoms with E-state index in [-0.39, 0.29) is 28.5 Å². The van der Waals surface area contributed by atoms with Crippen molar-refractivity contribution in [3.05, 3.63) is 82.5 Å². The first-order chi connectivity index (χ1) is 16.4. The monoisotopic (exact) mass is 505 g/mol. The number of pyridine rings is 1. The van der Waals surface area contributed by atoms with Crippen molar-refractivity contribution in [2.75, 3.05) is 24.7 Å². The van der Waals surface area contributed by atoms with Crippen LogP contribution in [0.2, 0.25) is 5.02 Å². The Morgan fingerprint density at radius 3 is 2.20 bits per heavy atom. The van der Waals surface area contributed by atoms with Crippen LogP contribution in [0.3, 0.4) is 0 Å². The zero-order chi connectivity index (χ0) is 25.8. The van der Waals surface area contributed by atoms with Gasteiger partial charge >= 0.3 is 6.36 Å². The third-order valence-corrected chi connectivity index (χ3v) is 4.78. The lowest BCUT2D eigenvalue weighted by atomic mass is 10.1. The van der Waals surface area contributed by atoms with Crippen molar-refractivity contribution in [3.8, 4) is 5.75 Å². The Balaban J connectivity index is 1.88. The Morgan fingerprint density at radius 1 is 0.971 bits per heavy atom. The normalized spacial score (nSPS) is 10.9. The Bertz CT molecular complexity index is 1250. The lowest BCUT2D eigenvalue weighted by Gasteiger charge is -2.15. The predicted octanol–water partition coefficient (Wildman–Crippen LogP) is 5.03. The Hall–Kier alpha value is -4.12. The third kappa shape index (κ3) is 6.93. The molecule has 182 valence electrons. The maximum Gasteiger partial charge on any atom is 0.573 e. The maximum atomic E-state index is 12.8. The quantitative estimate of drug-likeness (QED) is 0.322. The Morgan fingerprint density at radius 2 is 1.63 bits per heavy atom. The van der Waals surface area contributed by atoms with Crippen LogP contribution in [0.15, 0.2) is 60.8 Å². The van der Waals surface area contributed by atoms with Crippen molar-refractivity contribution >= 4 is 40.8 Å². The molecular weight excluding hydrogens is 487 g/mol. The molecule has 0 aliphatic heterocycles. The largest absolute Gasteiger partial charge is 0.573 e. The van der Waals surface area contributed by atoms with Crippen molar-refractivity contribution in [1.82, 2.24) is 9.88 Å². The maximum absolute atomic E-state index is 12.8. The van der Waals surface area contributed by atoms with Crippen LogP contribution in [0.1, 0.15) is 26.3 Å². The molecule has 12 heteroatoms. The second kappa shape index (κ2) is 10.4. The zero-order valence-corrected chi connectivity index (χ0v) is 19.2. The second-order valence-electron chi connectivity index (χ2n) is 7.35. The molecule has 2 amide bonds. The van der Waals surface area contributed by atoms with E-state index >= 15 is 0 Å². The molecular formula is C23H19ClF3N5O3.